The molecule has 0 spiro atoms. The molecule has 1 aliphatic heterocycles. The lowest BCUT2D eigenvalue weighted by Crippen LogP contribution is -2.28. The van der Waals surface area contributed by atoms with Crippen LogP contribution in [0.5, 0.6) is 0 Å². The van der Waals surface area contributed by atoms with Crippen molar-refractivity contribution in [2.75, 3.05) is 5.75 Å². The van der Waals surface area contributed by atoms with Crippen LogP contribution in [0.1, 0.15) is 47.7 Å². The summed E-state index contributed by atoms with van der Waals surface area (Å²) in [4.78, 5) is 18.0. The normalized spacial score (nSPS) is 15.5. The van der Waals surface area contributed by atoms with E-state index in [9.17, 15) is 15.3 Å². The number of ether oxygens (including phenoxy) is 2. The van der Waals surface area contributed by atoms with E-state index in [1.807, 2.05) is 45.0 Å². The SMILES string of the molecule is Cc1nc(SCC2=C(C(=O)OC(C)C)[C@@H](c3ccccc3I)C(C#N)=C(N)O2)c(C#N)c(C)c1C. The van der Waals surface area contributed by atoms with Gasteiger partial charge < -0.3 is 15.2 Å². The summed E-state index contributed by atoms with van der Waals surface area (Å²) in [5.41, 5.74) is 10.4. The van der Waals surface area contributed by atoms with Crippen LogP contribution in [0, 0.1) is 47.0 Å². The number of rotatable bonds is 6. The van der Waals surface area contributed by atoms with E-state index in [2.05, 4.69) is 39.7 Å². The van der Waals surface area contributed by atoms with Crippen molar-refractivity contribution in [3.63, 3.8) is 0 Å². The summed E-state index contributed by atoms with van der Waals surface area (Å²) >= 11 is 3.45. The number of nitriles is 2. The van der Waals surface area contributed by atoms with Crippen molar-refractivity contribution in [3.05, 3.63) is 78.6 Å². The fourth-order valence-electron chi connectivity index (χ4n) is 3.73. The molecule has 7 nitrogen and oxygen atoms in total. The topological polar surface area (TPSA) is 122 Å². The third-order valence-electron chi connectivity index (χ3n) is 5.69. The summed E-state index contributed by atoms with van der Waals surface area (Å²) in [6.45, 7) is 9.23. The molecule has 0 saturated heterocycles. The molecule has 9 heteroatoms. The molecule has 0 fully saturated rings. The molecule has 35 heavy (non-hydrogen) atoms. The number of allylic oxidation sites excluding steroid dienone is 1. The summed E-state index contributed by atoms with van der Waals surface area (Å²) in [6.07, 6.45) is -0.373. The summed E-state index contributed by atoms with van der Waals surface area (Å²) in [6, 6.07) is 11.8. The number of carbonyl (C=O) groups excluding carboxylic acids is 1. The van der Waals surface area contributed by atoms with E-state index in [1.165, 1.54) is 11.8 Å². The number of hydrogen-bond donors (Lipinski definition) is 1. The Labute approximate surface area is 223 Å². The zero-order valence-electron chi connectivity index (χ0n) is 20.1. The van der Waals surface area contributed by atoms with Gasteiger partial charge in [0.1, 0.15) is 28.5 Å². The van der Waals surface area contributed by atoms with Crippen LogP contribution in [0.15, 0.2) is 52.1 Å². The maximum absolute atomic E-state index is 13.4. The van der Waals surface area contributed by atoms with Crippen molar-refractivity contribution in [1.82, 2.24) is 4.98 Å². The average molecular weight is 600 g/mol. The summed E-state index contributed by atoms with van der Waals surface area (Å²) in [5, 5.41) is 20.2. The Kier molecular flexibility index (Phi) is 8.47. The highest BCUT2D eigenvalue weighted by atomic mass is 127. The number of aromatic nitrogens is 1. The molecule has 0 radical (unpaired) electrons. The van der Waals surface area contributed by atoms with E-state index in [-0.39, 0.29) is 34.6 Å². The predicted octanol–water partition coefficient (Wildman–Crippen LogP) is 5.29. The largest absolute Gasteiger partial charge is 0.459 e. The van der Waals surface area contributed by atoms with Gasteiger partial charge in [0.15, 0.2) is 0 Å². The Balaban J connectivity index is 2.16. The fraction of sp³-hybridized carbons (Fsp3) is 0.308. The number of thioether (sulfide) groups is 1. The molecule has 1 aromatic heterocycles. The minimum Gasteiger partial charge on any atom is -0.459 e. The number of halogens is 1. The van der Waals surface area contributed by atoms with Crippen LogP contribution in [0.25, 0.3) is 0 Å². The highest BCUT2D eigenvalue weighted by Crippen LogP contribution is 2.42. The van der Waals surface area contributed by atoms with Crippen molar-refractivity contribution in [1.29, 1.82) is 10.5 Å². The third kappa shape index (κ3) is 5.47. The van der Waals surface area contributed by atoms with Gasteiger partial charge in [-0.3, -0.25) is 0 Å². The van der Waals surface area contributed by atoms with Crippen molar-refractivity contribution >= 4 is 40.3 Å². The molecule has 3 rings (SSSR count). The van der Waals surface area contributed by atoms with E-state index in [0.29, 0.717) is 10.6 Å². The molecule has 0 aliphatic carbocycles. The third-order valence-corrected chi connectivity index (χ3v) is 7.65. The molecule has 1 aliphatic rings. The lowest BCUT2D eigenvalue weighted by atomic mass is 9.83. The minimum absolute atomic E-state index is 0.0569. The Hall–Kier alpha value is -3.02. The van der Waals surface area contributed by atoms with Crippen LogP contribution in [0.4, 0.5) is 0 Å². The number of aryl methyl sites for hydroxylation is 1. The van der Waals surface area contributed by atoms with Crippen LogP contribution < -0.4 is 5.73 Å². The first-order valence-corrected chi connectivity index (χ1v) is 12.9. The molecular weight excluding hydrogens is 575 g/mol. The number of pyridine rings is 1. The molecule has 2 N–H and O–H groups in total. The molecule has 2 aromatic rings. The van der Waals surface area contributed by atoms with Gasteiger partial charge in [0.05, 0.1) is 28.9 Å². The maximum atomic E-state index is 13.4. The molecule has 1 aromatic carbocycles. The highest BCUT2D eigenvalue weighted by molar-refractivity contribution is 14.1. The number of benzene rings is 1. The van der Waals surface area contributed by atoms with Gasteiger partial charge in [0.2, 0.25) is 5.88 Å². The lowest BCUT2D eigenvalue weighted by Gasteiger charge is -2.29. The second-order valence-electron chi connectivity index (χ2n) is 8.27. The number of nitrogens with zero attached hydrogens (tertiary/aromatic N) is 3. The number of nitrogens with two attached hydrogens (primary N) is 1. The monoisotopic (exact) mass is 600 g/mol. The molecule has 180 valence electrons. The number of esters is 1. The molecule has 0 bridgehead atoms. The first-order chi connectivity index (χ1) is 16.6. The Bertz CT molecular complexity index is 1340. The number of carbonyl (C=O) groups is 1. The van der Waals surface area contributed by atoms with Crippen LogP contribution in [0.3, 0.4) is 0 Å². The quantitative estimate of drug-likeness (QED) is 0.270. The zero-order valence-corrected chi connectivity index (χ0v) is 23.1. The van der Waals surface area contributed by atoms with Gasteiger partial charge in [-0.15, -0.1) is 0 Å². The van der Waals surface area contributed by atoms with E-state index in [4.69, 9.17) is 15.2 Å². The van der Waals surface area contributed by atoms with E-state index < -0.39 is 11.9 Å². The minimum atomic E-state index is -0.742. The van der Waals surface area contributed by atoms with E-state index in [1.54, 1.807) is 13.8 Å². The molecule has 0 unspecified atom stereocenters. The predicted molar refractivity (Wildman–Crippen MR) is 142 cm³/mol. The van der Waals surface area contributed by atoms with Gasteiger partial charge >= 0.3 is 5.97 Å². The molecule has 0 amide bonds. The van der Waals surface area contributed by atoms with Gasteiger partial charge in [-0.1, -0.05) is 30.0 Å². The van der Waals surface area contributed by atoms with Crippen LogP contribution >= 0.6 is 34.4 Å². The summed E-state index contributed by atoms with van der Waals surface area (Å²) in [7, 11) is 0. The van der Waals surface area contributed by atoms with Crippen molar-refractivity contribution in [2.45, 2.75) is 51.7 Å². The van der Waals surface area contributed by atoms with Gasteiger partial charge in [0.25, 0.3) is 0 Å². The second kappa shape index (κ2) is 11.1. The Morgan fingerprint density at radius 1 is 1.23 bits per heavy atom. The molecule has 0 saturated carbocycles. The zero-order chi connectivity index (χ0) is 25.9. The van der Waals surface area contributed by atoms with Crippen molar-refractivity contribution < 1.29 is 14.3 Å². The first-order valence-electron chi connectivity index (χ1n) is 10.9. The van der Waals surface area contributed by atoms with Crippen LogP contribution in [-0.2, 0) is 14.3 Å². The summed E-state index contributed by atoms with van der Waals surface area (Å²) < 4.78 is 12.3. The van der Waals surface area contributed by atoms with Gasteiger partial charge in [-0.25, -0.2) is 9.78 Å². The molecular formula is C26H25IN4O3S. The lowest BCUT2D eigenvalue weighted by molar-refractivity contribution is -0.143. The standard InChI is InChI=1S/C26H25IN4O3S/c1-13(2)33-26(32)23-21(12-35-25-18(10-28)15(4)14(3)16(5)31-25)34-24(30)19(11-29)22(23)17-8-6-7-9-20(17)27/h6-9,13,22H,12,30H2,1-5H3/t22-/m0/s1. The maximum Gasteiger partial charge on any atom is 0.338 e. The van der Waals surface area contributed by atoms with Gasteiger partial charge in [-0.05, 0) is 80.0 Å². The smallest absolute Gasteiger partial charge is 0.338 e. The van der Waals surface area contributed by atoms with Gasteiger partial charge in [0, 0.05) is 9.26 Å². The Morgan fingerprint density at radius 2 is 1.91 bits per heavy atom. The average Bonchev–Trinajstić information content (AvgIpc) is 2.80. The van der Waals surface area contributed by atoms with Crippen molar-refractivity contribution in [2.24, 2.45) is 5.73 Å². The van der Waals surface area contributed by atoms with E-state index in [0.717, 1.165) is 26.0 Å². The highest BCUT2D eigenvalue weighted by Gasteiger charge is 2.39. The second-order valence-corrected chi connectivity index (χ2v) is 10.4. The molecule has 2 heterocycles. The van der Waals surface area contributed by atoms with E-state index >= 15 is 0 Å². The first kappa shape index (κ1) is 26.6. The van der Waals surface area contributed by atoms with Crippen LogP contribution in [-0.4, -0.2) is 22.8 Å². The Morgan fingerprint density at radius 3 is 2.51 bits per heavy atom. The molecule has 1 atom stereocenters. The fourth-order valence-corrected chi connectivity index (χ4v) is 5.45. The van der Waals surface area contributed by atoms with Gasteiger partial charge in [-0.2, -0.15) is 10.5 Å². The number of hydrogen-bond acceptors (Lipinski definition) is 8. The van der Waals surface area contributed by atoms with Crippen molar-refractivity contribution in [3.8, 4) is 12.1 Å². The summed E-state index contributed by atoms with van der Waals surface area (Å²) in [5.74, 6) is -0.924. The van der Waals surface area contributed by atoms with Crippen LogP contribution in [0.2, 0.25) is 0 Å².